The molecule has 0 aliphatic heterocycles. The van der Waals surface area contributed by atoms with E-state index in [0.717, 1.165) is 11.8 Å². The van der Waals surface area contributed by atoms with Gasteiger partial charge in [0.25, 0.3) is 0 Å². The van der Waals surface area contributed by atoms with Crippen LogP contribution in [0.5, 0.6) is 0 Å². The van der Waals surface area contributed by atoms with E-state index >= 15 is 0 Å². The van der Waals surface area contributed by atoms with Crippen LogP contribution >= 0.6 is 12.6 Å². The van der Waals surface area contributed by atoms with E-state index in [1.54, 1.807) is 0 Å². The zero-order chi connectivity index (χ0) is 6.85. The van der Waals surface area contributed by atoms with Crippen LogP contribution < -0.4 is 0 Å². The predicted molar refractivity (Wildman–Crippen MR) is 45.0 cm³/mol. The molecule has 1 aliphatic carbocycles. The van der Waals surface area contributed by atoms with Gasteiger partial charge in [0.1, 0.15) is 0 Å². The van der Waals surface area contributed by atoms with Gasteiger partial charge in [-0.25, -0.2) is 0 Å². The molecule has 1 saturated carbocycles. The zero-order valence-electron chi connectivity index (χ0n) is 6.30. The van der Waals surface area contributed by atoms with Gasteiger partial charge in [-0.1, -0.05) is 20.3 Å². The minimum atomic E-state index is 0.666. The topological polar surface area (TPSA) is 0 Å². The van der Waals surface area contributed by atoms with Crippen molar-refractivity contribution in [1.29, 1.82) is 0 Å². The Morgan fingerprint density at radius 1 is 1.11 bits per heavy atom. The molecule has 2 atom stereocenters. The van der Waals surface area contributed by atoms with Crippen molar-refractivity contribution in [3.05, 3.63) is 0 Å². The van der Waals surface area contributed by atoms with E-state index in [4.69, 9.17) is 0 Å². The van der Waals surface area contributed by atoms with E-state index in [9.17, 15) is 0 Å². The molecule has 1 rings (SSSR count). The maximum absolute atomic E-state index is 4.55. The molecule has 0 heterocycles. The van der Waals surface area contributed by atoms with Crippen molar-refractivity contribution >= 4 is 12.6 Å². The highest BCUT2D eigenvalue weighted by atomic mass is 32.1. The molecule has 9 heavy (non-hydrogen) atoms. The lowest BCUT2D eigenvalue weighted by molar-refractivity contribution is 0.316. The Morgan fingerprint density at radius 3 is 1.89 bits per heavy atom. The van der Waals surface area contributed by atoms with Gasteiger partial charge >= 0.3 is 0 Å². The van der Waals surface area contributed by atoms with Crippen molar-refractivity contribution < 1.29 is 0 Å². The van der Waals surface area contributed by atoms with Crippen molar-refractivity contribution in [2.24, 2.45) is 11.8 Å². The smallest absolute Gasteiger partial charge is 0.00680 e. The van der Waals surface area contributed by atoms with Gasteiger partial charge in [0.15, 0.2) is 0 Å². The Kier molecular flexibility index (Phi) is 2.45. The third kappa shape index (κ3) is 1.64. The van der Waals surface area contributed by atoms with Gasteiger partial charge < -0.3 is 0 Å². The normalized spacial score (nSPS) is 45.0. The van der Waals surface area contributed by atoms with Gasteiger partial charge in [-0.2, -0.15) is 12.6 Å². The van der Waals surface area contributed by atoms with Crippen LogP contribution in [0.15, 0.2) is 0 Å². The summed E-state index contributed by atoms with van der Waals surface area (Å²) in [5.41, 5.74) is 0. The number of rotatable bonds is 0. The highest BCUT2D eigenvalue weighted by Gasteiger charge is 2.23. The van der Waals surface area contributed by atoms with Gasteiger partial charge in [0, 0.05) is 5.25 Å². The molecular weight excluding hydrogens is 128 g/mol. The molecule has 0 N–H and O–H groups in total. The second-order valence-electron chi connectivity index (χ2n) is 3.38. The predicted octanol–water partition coefficient (Wildman–Crippen LogP) is 2.74. The van der Waals surface area contributed by atoms with Crippen LogP contribution in [-0.4, -0.2) is 5.25 Å². The molecule has 1 heteroatoms. The Hall–Kier alpha value is 0.350. The molecule has 54 valence electrons. The van der Waals surface area contributed by atoms with Crippen molar-refractivity contribution in [3.8, 4) is 0 Å². The molecule has 0 saturated heterocycles. The second kappa shape index (κ2) is 2.96. The number of hydrogen-bond acceptors (Lipinski definition) is 1. The Labute approximate surface area is 63.4 Å². The first-order valence-corrected chi connectivity index (χ1v) is 4.41. The average Bonchev–Trinajstić information content (AvgIpc) is 1.83. The van der Waals surface area contributed by atoms with Crippen LogP contribution in [0.4, 0.5) is 0 Å². The van der Waals surface area contributed by atoms with Crippen molar-refractivity contribution in [2.75, 3.05) is 0 Å². The minimum absolute atomic E-state index is 0.666. The molecular formula is C8H16S. The van der Waals surface area contributed by atoms with Gasteiger partial charge in [-0.3, -0.25) is 0 Å². The van der Waals surface area contributed by atoms with Crippen LogP contribution in [0.25, 0.3) is 0 Å². The summed E-state index contributed by atoms with van der Waals surface area (Å²) in [7, 11) is 0. The molecule has 1 aliphatic rings. The van der Waals surface area contributed by atoms with E-state index < -0.39 is 0 Å². The summed E-state index contributed by atoms with van der Waals surface area (Å²) in [5.74, 6) is 1.69. The SMILES string of the molecule is CC1CCCC(C)C1S. The van der Waals surface area contributed by atoms with Gasteiger partial charge in [-0.05, 0) is 24.7 Å². The molecule has 0 aromatic heterocycles. The fraction of sp³-hybridized carbons (Fsp3) is 1.00. The molecule has 0 aromatic carbocycles. The number of hydrogen-bond donors (Lipinski definition) is 1. The Balaban J connectivity index is 2.41. The Bertz CT molecular complexity index is 80.6. The standard InChI is InChI=1S/C8H16S/c1-6-4-3-5-7(2)8(6)9/h6-9H,3-5H2,1-2H3. The fourth-order valence-corrected chi connectivity index (χ4v) is 1.96. The summed E-state index contributed by atoms with van der Waals surface area (Å²) in [6, 6.07) is 0. The van der Waals surface area contributed by atoms with E-state index in [2.05, 4.69) is 26.5 Å². The lowest BCUT2D eigenvalue weighted by atomic mass is 9.83. The molecule has 0 amide bonds. The van der Waals surface area contributed by atoms with E-state index in [-0.39, 0.29) is 0 Å². The molecule has 0 spiro atoms. The quantitative estimate of drug-likeness (QED) is 0.497. The highest BCUT2D eigenvalue weighted by molar-refractivity contribution is 7.81. The second-order valence-corrected chi connectivity index (χ2v) is 3.97. The summed E-state index contributed by atoms with van der Waals surface area (Å²) < 4.78 is 0. The van der Waals surface area contributed by atoms with Gasteiger partial charge in [-0.15, -0.1) is 0 Å². The largest absolute Gasteiger partial charge is 0.175 e. The van der Waals surface area contributed by atoms with Gasteiger partial charge in [0.2, 0.25) is 0 Å². The lowest BCUT2D eigenvalue weighted by Crippen LogP contribution is -2.24. The molecule has 0 nitrogen and oxygen atoms in total. The Morgan fingerprint density at radius 2 is 1.56 bits per heavy atom. The summed E-state index contributed by atoms with van der Waals surface area (Å²) in [5, 5.41) is 0.666. The molecule has 0 radical (unpaired) electrons. The zero-order valence-corrected chi connectivity index (χ0v) is 7.20. The summed E-state index contributed by atoms with van der Waals surface area (Å²) >= 11 is 4.55. The van der Waals surface area contributed by atoms with Gasteiger partial charge in [0.05, 0.1) is 0 Å². The third-order valence-electron chi connectivity index (χ3n) is 2.48. The fourth-order valence-electron chi connectivity index (χ4n) is 1.66. The maximum atomic E-state index is 4.55. The minimum Gasteiger partial charge on any atom is -0.175 e. The first-order chi connectivity index (χ1) is 4.22. The van der Waals surface area contributed by atoms with Crippen molar-refractivity contribution in [3.63, 3.8) is 0 Å². The van der Waals surface area contributed by atoms with Crippen LogP contribution in [0.3, 0.4) is 0 Å². The van der Waals surface area contributed by atoms with Crippen LogP contribution in [0.1, 0.15) is 33.1 Å². The first-order valence-electron chi connectivity index (χ1n) is 3.90. The maximum Gasteiger partial charge on any atom is 0.00680 e. The van der Waals surface area contributed by atoms with Crippen molar-refractivity contribution in [1.82, 2.24) is 0 Å². The van der Waals surface area contributed by atoms with Crippen LogP contribution in [0.2, 0.25) is 0 Å². The van der Waals surface area contributed by atoms with Crippen LogP contribution in [-0.2, 0) is 0 Å². The number of thiol groups is 1. The average molecular weight is 144 g/mol. The monoisotopic (exact) mass is 144 g/mol. The molecule has 1 fully saturated rings. The molecule has 0 bridgehead atoms. The van der Waals surface area contributed by atoms with E-state index in [1.807, 2.05) is 0 Å². The third-order valence-corrected chi connectivity index (χ3v) is 3.50. The highest BCUT2D eigenvalue weighted by Crippen LogP contribution is 2.32. The van der Waals surface area contributed by atoms with Crippen LogP contribution in [0, 0.1) is 11.8 Å². The molecule has 0 aromatic rings. The first kappa shape index (κ1) is 7.46. The van der Waals surface area contributed by atoms with E-state index in [1.165, 1.54) is 19.3 Å². The lowest BCUT2D eigenvalue weighted by Gasteiger charge is -2.30. The molecule has 2 unspecified atom stereocenters. The van der Waals surface area contributed by atoms with E-state index in [0.29, 0.717) is 5.25 Å². The summed E-state index contributed by atoms with van der Waals surface area (Å²) in [4.78, 5) is 0. The summed E-state index contributed by atoms with van der Waals surface area (Å²) in [6.45, 7) is 4.63. The van der Waals surface area contributed by atoms with Crippen molar-refractivity contribution in [2.45, 2.75) is 38.4 Å². The summed E-state index contributed by atoms with van der Waals surface area (Å²) in [6.07, 6.45) is 4.19.